The molecule has 0 unspecified atom stereocenters. The average Bonchev–Trinajstić information content (AvgIpc) is 1.62. The van der Waals surface area contributed by atoms with Crippen molar-refractivity contribution in [3.8, 4) is 0 Å². The summed E-state index contributed by atoms with van der Waals surface area (Å²) in [6.45, 7) is 65.4. The summed E-state index contributed by atoms with van der Waals surface area (Å²) in [4.78, 5) is 0. The van der Waals surface area contributed by atoms with Crippen LogP contribution in [-0.4, -0.2) is 0 Å². The van der Waals surface area contributed by atoms with Crippen LogP contribution in [0.5, 0.6) is 0 Å². The van der Waals surface area contributed by atoms with Crippen molar-refractivity contribution in [3.05, 3.63) is 264 Å². The molecule has 0 aromatic carbocycles. The first kappa shape index (κ1) is 94.9. The molecule has 0 spiro atoms. The van der Waals surface area contributed by atoms with Crippen LogP contribution in [0.2, 0.25) is 0 Å². The lowest BCUT2D eigenvalue weighted by Gasteiger charge is -2.03. The first-order valence-corrected chi connectivity index (χ1v) is 42.7. The quantitative estimate of drug-likeness (QED) is 0.138. The van der Waals surface area contributed by atoms with E-state index in [2.05, 4.69) is 206 Å². The van der Waals surface area contributed by atoms with Crippen LogP contribution in [0.25, 0.3) is 58.2 Å². The summed E-state index contributed by atoms with van der Waals surface area (Å²) in [6.07, 6.45) is 65.7. The van der Waals surface area contributed by atoms with Crippen molar-refractivity contribution >= 4 is 58.2 Å². The van der Waals surface area contributed by atoms with Crippen molar-refractivity contribution < 1.29 is 22.8 Å². The second kappa shape index (κ2) is 53.6. The first-order chi connectivity index (χ1) is 52.1. The fraction of sp³-hybridized carbons (Fsp3) is 0.450. The van der Waals surface area contributed by atoms with E-state index in [1.165, 1.54) is 123 Å². The van der Waals surface area contributed by atoms with Gasteiger partial charge in [0.05, 0.1) is 0 Å². The second-order valence-electron chi connectivity index (χ2n) is 22.3. The molecule has 20 rings (SSSR count). The zero-order valence-corrected chi connectivity index (χ0v) is 72.7. The normalized spacial score (nSPS) is 15.0. The van der Waals surface area contributed by atoms with Gasteiger partial charge in [0.25, 0.3) is 0 Å². The van der Waals surface area contributed by atoms with Crippen molar-refractivity contribution in [2.45, 2.75) is 305 Å². The number of nitrogens with zero attached hydrogens (tertiary/aromatic N) is 5. The number of allylic oxidation sites excluding steroid dienone is 25. The summed E-state index contributed by atoms with van der Waals surface area (Å²) in [5.41, 5.74) is 37.2. The van der Waals surface area contributed by atoms with Crippen LogP contribution >= 0.6 is 0 Å². The largest absolute Gasteiger partial charge is 0.217 e. The number of hydrogen-bond acceptors (Lipinski definition) is 0. The second-order valence-corrected chi connectivity index (χ2v) is 22.3. The van der Waals surface area contributed by atoms with Crippen molar-refractivity contribution in [2.75, 3.05) is 0 Å². The van der Waals surface area contributed by atoms with Gasteiger partial charge in [-0.05, 0) is 92.5 Å². The molecule has 0 saturated heterocycles. The molecule has 0 atom stereocenters. The Morgan fingerprint density at radius 2 is 0.610 bits per heavy atom. The van der Waals surface area contributed by atoms with Gasteiger partial charge < -0.3 is 0 Å². The standard InChI is InChI=1S/5C14H12N.15C2H6/c1-4-11-9-15-13-6-2-3-10(13)7-8-14(15)12(11)5-1;2*1-3-10-7-8-15-9-11-4-2-6-13(11)14(15)12(10)5-1;2*1-3-10-7-14-13-6-2-5-12(13)9-15(14)8-11(10)4-1;15*1-2/h1-2,4,6-8H,3,5,9H2;1-2,4-5,7-8H,3,6,9H2;1-4,7-8H,5-6,9H2;1-2,4-5,7-8H,3,6,9H2;1-3,5,7-8H,4,6,9H2;15*1-2H3/q5*+1;;;;;;;;;;;;;;;. The average molecular weight is 1420 g/mol. The molecule has 5 nitrogen and oxygen atoms in total. The van der Waals surface area contributed by atoms with E-state index in [0.717, 1.165) is 96.9 Å². The van der Waals surface area contributed by atoms with E-state index < -0.39 is 0 Å². The van der Waals surface area contributed by atoms with Gasteiger partial charge >= 0.3 is 0 Å². The first-order valence-electron chi connectivity index (χ1n) is 42.7. The zero-order chi connectivity index (χ0) is 79.1. The van der Waals surface area contributed by atoms with Gasteiger partial charge in [0.1, 0.15) is 0 Å². The molecule has 0 saturated carbocycles. The molecular weight excluding hydrogens is 1270 g/mol. The lowest BCUT2D eigenvalue weighted by Crippen LogP contribution is -2.38. The summed E-state index contributed by atoms with van der Waals surface area (Å²) in [5.74, 6) is 0. The van der Waals surface area contributed by atoms with Gasteiger partial charge in [-0.1, -0.05) is 323 Å². The Morgan fingerprint density at radius 1 is 0.238 bits per heavy atom. The highest BCUT2D eigenvalue weighted by molar-refractivity contribution is 5.81. The van der Waals surface area contributed by atoms with Gasteiger partial charge in [0.2, 0.25) is 34.2 Å². The summed E-state index contributed by atoms with van der Waals surface area (Å²) in [5, 5.41) is 0. The smallest absolute Gasteiger partial charge is 0.194 e. The molecule has 5 aromatic heterocycles. The maximum Gasteiger partial charge on any atom is 0.217 e. The minimum absolute atomic E-state index is 1.07. The van der Waals surface area contributed by atoms with Gasteiger partial charge in [0.15, 0.2) is 57.5 Å². The van der Waals surface area contributed by atoms with E-state index in [1.54, 1.807) is 16.7 Å². The highest BCUT2D eigenvalue weighted by atomic mass is 15.0. The summed E-state index contributed by atoms with van der Waals surface area (Å²) in [6, 6.07) is 13.8. The van der Waals surface area contributed by atoms with Crippen molar-refractivity contribution in [3.63, 3.8) is 0 Å². The highest BCUT2D eigenvalue weighted by Crippen LogP contribution is 2.40. The van der Waals surface area contributed by atoms with Gasteiger partial charge in [-0.3, -0.25) is 0 Å². The molecule has 10 heterocycles. The van der Waals surface area contributed by atoms with Crippen LogP contribution in [0.4, 0.5) is 0 Å². The van der Waals surface area contributed by atoms with E-state index >= 15 is 0 Å². The molecule has 0 N–H and O–H groups in total. The van der Waals surface area contributed by atoms with Crippen molar-refractivity contribution in [2.24, 2.45) is 0 Å². The van der Waals surface area contributed by atoms with E-state index in [-0.39, 0.29) is 0 Å². The van der Waals surface area contributed by atoms with Crippen molar-refractivity contribution in [1.29, 1.82) is 0 Å². The third-order valence-corrected chi connectivity index (χ3v) is 18.1. The van der Waals surface area contributed by atoms with Crippen LogP contribution in [0.1, 0.15) is 324 Å². The van der Waals surface area contributed by atoms with Crippen molar-refractivity contribution in [1.82, 2.24) is 0 Å². The molecule has 5 aromatic rings. The van der Waals surface area contributed by atoms with Gasteiger partial charge in [-0.25, -0.2) is 0 Å². The van der Waals surface area contributed by atoms with Crippen LogP contribution in [0.3, 0.4) is 0 Å². The lowest BCUT2D eigenvalue weighted by molar-refractivity contribution is -0.687. The van der Waals surface area contributed by atoms with Crippen LogP contribution in [0.15, 0.2) is 180 Å². The Kier molecular flexibility index (Phi) is 48.4. The Hall–Kier alpha value is -8.15. The minimum Gasteiger partial charge on any atom is -0.194 e. The zero-order valence-electron chi connectivity index (χ0n) is 72.7. The maximum absolute atomic E-state index is 2.47. The Morgan fingerprint density at radius 3 is 1.16 bits per heavy atom. The fourth-order valence-corrected chi connectivity index (χ4v) is 14.4. The van der Waals surface area contributed by atoms with Crippen LogP contribution in [-0.2, 0) is 64.8 Å². The predicted octanol–water partition coefficient (Wildman–Crippen LogP) is 26.7. The SMILES string of the molecule is C1=CC2=C(C1)c1c3c(cc[n+]1C2)C=CC3.C1=CC2=C(C1)c1c3c(cc[n+]1C2)CC=C3.C1=CC2=C(C1)c1cc3c(c[n+]1C2)C=CC3.C1=CC2=C(C1)c1cc3c(c[n+]1C2)CC=C3.C1=CC2=C(C1)c1ccc3c([n+]1C2)C=CC3.CC.CC.CC.CC.CC.CC.CC.CC.CC.CC.CC.CC.CC.CC.CC. The predicted molar refractivity (Wildman–Crippen MR) is 470 cm³/mol. The Balaban J connectivity index is 0.000000601. The van der Waals surface area contributed by atoms with E-state index in [9.17, 15) is 0 Å². The number of fused-ring (bicyclic) bond motifs is 18. The van der Waals surface area contributed by atoms with Gasteiger partial charge in [-0.15, -0.1) is 0 Å². The molecule has 10 aliphatic carbocycles. The Labute approximate surface area is 646 Å². The third-order valence-electron chi connectivity index (χ3n) is 18.1. The molecule has 5 heteroatoms. The fourth-order valence-electron chi connectivity index (χ4n) is 14.4. The number of pyridine rings is 5. The van der Waals surface area contributed by atoms with Crippen LogP contribution in [0, 0.1) is 0 Å². The Bertz CT molecular complexity index is 4000. The van der Waals surface area contributed by atoms with Gasteiger partial charge in [-0.2, -0.15) is 22.8 Å². The molecular formula is C100H150N5+5. The van der Waals surface area contributed by atoms with E-state index in [0.29, 0.717) is 0 Å². The number of rotatable bonds is 0. The minimum atomic E-state index is 1.07. The summed E-state index contributed by atoms with van der Waals surface area (Å²) >= 11 is 0. The topological polar surface area (TPSA) is 19.4 Å². The maximum atomic E-state index is 2.47. The molecule has 5 aliphatic heterocycles. The number of hydrogen-bond donors (Lipinski definition) is 0. The lowest BCUT2D eigenvalue weighted by atomic mass is 10.0. The monoisotopic (exact) mass is 1420 g/mol. The van der Waals surface area contributed by atoms with Gasteiger partial charge in [0, 0.05) is 120 Å². The third kappa shape index (κ3) is 22.2. The number of aromatic nitrogens is 5. The molecule has 0 radical (unpaired) electrons. The molecule has 570 valence electrons. The molecule has 0 bridgehead atoms. The highest BCUT2D eigenvalue weighted by Gasteiger charge is 2.37. The van der Waals surface area contributed by atoms with Crippen LogP contribution < -0.4 is 22.8 Å². The molecule has 15 aliphatic rings. The molecule has 105 heavy (non-hydrogen) atoms. The molecule has 0 amide bonds. The summed E-state index contributed by atoms with van der Waals surface area (Å²) < 4.78 is 12.1. The van der Waals surface area contributed by atoms with E-state index in [1.807, 2.05) is 208 Å². The summed E-state index contributed by atoms with van der Waals surface area (Å²) in [7, 11) is 0. The van der Waals surface area contributed by atoms with E-state index in [4.69, 9.17) is 0 Å². The molecule has 0 fully saturated rings.